The van der Waals surface area contributed by atoms with Gasteiger partial charge < -0.3 is 15.1 Å². The first-order chi connectivity index (χ1) is 13.4. The Morgan fingerprint density at radius 3 is 2.57 bits per heavy atom. The highest BCUT2D eigenvalue weighted by atomic mass is 16.2. The van der Waals surface area contributed by atoms with Gasteiger partial charge in [-0.25, -0.2) is 0 Å². The number of carbonyl (C=O) groups is 3. The lowest BCUT2D eigenvalue weighted by Gasteiger charge is -2.17. The molecule has 1 saturated heterocycles. The van der Waals surface area contributed by atoms with Gasteiger partial charge in [0.2, 0.25) is 11.8 Å². The van der Waals surface area contributed by atoms with Crippen LogP contribution in [0.3, 0.4) is 0 Å². The van der Waals surface area contributed by atoms with Crippen LogP contribution in [0, 0.1) is 5.92 Å². The Hall–Kier alpha value is -3.15. The fraction of sp³-hybridized carbons (Fsp3) is 0.318. The van der Waals surface area contributed by atoms with Gasteiger partial charge in [0.05, 0.1) is 5.92 Å². The number of nitrogens with zero attached hydrogens (tertiary/aromatic N) is 2. The molecule has 0 spiro atoms. The third kappa shape index (κ3) is 4.76. The van der Waals surface area contributed by atoms with Gasteiger partial charge in [-0.3, -0.25) is 14.4 Å². The van der Waals surface area contributed by atoms with Gasteiger partial charge in [0.1, 0.15) is 0 Å². The molecule has 1 atom stereocenters. The molecule has 1 aliphatic rings. The summed E-state index contributed by atoms with van der Waals surface area (Å²) in [7, 11) is 3.36. The first kappa shape index (κ1) is 19.6. The van der Waals surface area contributed by atoms with Crippen LogP contribution in [0.2, 0.25) is 0 Å². The third-order valence-electron chi connectivity index (χ3n) is 4.88. The molecule has 146 valence electrons. The van der Waals surface area contributed by atoms with Crippen molar-refractivity contribution >= 4 is 23.4 Å². The molecule has 1 heterocycles. The van der Waals surface area contributed by atoms with Crippen LogP contribution in [-0.4, -0.2) is 54.7 Å². The maximum absolute atomic E-state index is 12.6. The number of nitrogens with one attached hydrogen (secondary N) is 1. The van der Waals surface area contributed by atoms with Crippen LogP contribution < -0.4 is 5.32 Å². The van der Waals surface area contributed by atoms with E-state index in [-0.39, 0.29) is 30.1 Å². The summed E-state index contributed by atoms with van der Waals surface area (Å²) in [4.78, 5) is 40.2. The van der Waals surface area contributed by atoms with E-state index in [9.17, 15) is 14.4 Å². The van der Waals surface area contributed by atoms with Crippen LogP contribution in [0.1, 0.15) is 22.3 Å². The highest BCUT2D eigenvalue weighted by molar-refractivity contribution is 5.99. The molecule has 28 heavy (non-hydrogen) atoms. The molecule has 1 aliphatic heterocycles. The van der Waals surface area contributed by atoms with E-state index in [4.69, 9.17) is 0 Å². The lowest BCUT2D eigenvalue weighted by Crippen LogP contribution is -2.30. The minimum absolute atomic E-state index is 0.00705. The van der Waals surface area contributed by atoms with Crippen molar-refractivity contribution in [2.24, 2.45) is 5.92 Å². The Morgan fingerprint density at radius 2 is 1.86 bits per heavy atom. The van der Waals surface area contributed by atoms with Crippen molar-refractivity contribution in [3.05, 3.63) is 65.7 Å². The molecular formula is C22H25N3O3. The zero-order valence-corrected chi connectivity index (χ0v) is 16.2. The lowest BCUT2D eigenvalue weighted by molar-refractivity contribution is -0.128. The van der Waals surface area contributed by atoms with Crippen LogP contribution in [0.15, 0.2) is 54.6 Å². The SMILES string of the molecule is CN(C)C(=O)c1cccc(NC(=O)C2CC(=O)N(CCc3ccccc3)C2)c1. The molecule has 6 nitrogen and oxygen atoms in total. The van der Waals surface area contributed by atoms with E-state index in [1.165, 1.54) is 10.5 Å². The zero-order chi connectivity index (χ0) is 20.1. The quantitative estimate of drug-likeness (QED) is 0.838. The fourth-order valence-electron chi connectivity index (χ4n) is 3.31. The molecule has 0 saturated carbocycles. The monoisotopic (exact) mass is 379 g/mol. The van der Waals surface area contributed by atoms with E-state index in [0.717, 1.165) is 6.42 Å². The third-order valence-corrected chi connectivity index (χ3v) is 4.88. The molecule has 0 aliphatic carbocycles. The molecule has 1 N–H and O–H groups in total. The van der Waals surface area contributed by atoms with E-state index in [1.807, 2.05) is 30.3 Å². The molecule has 2 aromatic rings. The molecule has 0 aromatic heterocycles. The van der Waals surface area contributed by atoms with Crippen molar-refractivity contribution in [2.45, 2.75) is 12.8 Å². The van der Waals surface area contributed by atoms with Crippen LogP contribution in [0.4, 0.5) is 5.69 Å². The summed E-state index contributed by atoms with van der Waals surface area (Å²) in [5.41, 5.74) is 2.24. The highest BCUT2D eigenvalue weighted by Crippen LogP contribution is 2.21. The van der Waals surface area contributed by atoms with Crippen molar-refractivity contribution in [1.82, 2.24) is 9.80 Å². The number of likely N-dealkylation sites (tertiary alicyclic amines) is 1. The summed E-state index contributed by atoms with van der Waals surface area (Å²) in [6, 6.07) is 16.8. The number of rotatable bonds is 6. The molecule has 2 aromatic carbocycles. The van der Waals surface area contributed by atoms with E-state index in [2.05, 4.69) is 5.32 Å². The van der Waals surface area contributed by atoms with Crippen molar-refractivity contribution in [3.8, 4) is 0 Å². The average Bonchev–Trinajstić information content (AvgIpc) is 3.07. The summed E-state index contributed by atoms with van der Waals surface area (Å²) in [6.07, 6.45) is 0.993. The van der Waals surface area contributed by atoms with Gasteiger partial charge in [0.25, 0.3) is 5.91 Å². The van der Waals surface area contributed by atoms with Crippen molar-refractivity contribution in [1.29, 1.82) is 0 Å². The van der Waals surface area contributed by atoms with E-state index in [1.54, 1.807) is 43.3 Å². The van der Waals surface area contributed by atoms with Crippen LogP contribution in [0.25, 0.3) is 0 Å². The second-order valence-corrected chi connectivity index (χ2v) is 7.25. The number of hydrogen-bond acceptors (Lipinski definition) is 3. The van der Waals surface area contributed by atoms with Gasteiger partial charge in [-0.2, -0.15) is 0 Å². The lowest BCUT2D eigenvalue weighted by atomic mass is 10.1. The maximum Gasteiger partial charge on any atom is 0.253 e. The molecular weight excluding hydrogens is 354 g/mol. The van der Waals surface area contributed by atoms with E-state index in [0.29, 0.717) is 24.3 Å². The van der Waals surface area contributed by atoms with Crippen LogP contribution in [0.5, 0.6) is 0 Å². The number of carbonyl (C=O) groups excluding carboxylic acids is 3. The Bertz CT molecular complexity index is 864. The van der Waals surface area contributed by atoms with E-state index < -0.39 is 0 Å². The largest absolute Gasteiger partial charge is 0.345 e. The predicted octanol–water partition coefficient (Wildman–Crippen LogP) is 2.42. The molecule has 1 unspecified atom stereocenters. The summed E-state index contributed by atoms with van der Waals surface area (Å²) in [6.45, 7) is 1.03. The molecule has 6 heteroatoms. The van der Waals surface area contributed by atoms with Gasteiger partial charge in [-0.15, -0.1) is 0 Å². The van der Waals surface area contributed by atoms with Crippen LogP contribution >= 0.6 is 0 Å². The Morgan fingerprint density at radius 1 is 1.11 bits per heavy atom. The molecule has 0 radical (unpaired) electrons. The minimum Gasteiger partial charge on any atom is -0.345 e. The van der Waals surface area contributed by atoms with Gasteiger partial charge in [0.15, 0.2) is 0 Å². The normalized spacial score (nSPS) is 16.1. The predicted molar refractivity (Wildman–Crippen MR) is 108 cm³/mol. The first-order valence-corrected chi connectivity index (χ1v) is 9.38. The second-order valence-electron chi connectivity index (χ2n) is 7.25. The summed E-state index contributed by atoms with van der Waals surface area (Å²) >= 11 is 0. The Kier molecular flexibility index (Phi) is 6.09. The van der Waals surface area contributed by atoms with Crippen molar-refractivity contribution in [2.75, 3.05) is 32.5 Å². The second kappa shape index (κ2) is 8.69. The zero-order valence-electron chi connectivity index (χ0n) is 16.2. The highest BCUT2D eigenvalue weighted by Gasteiger charge is 2.34. The minimum atomic E-state index is -0.378. The van der Waals surface area contributed by atoms with Gasteiger partial charge >= 0.3 is 0 Å². The maximum atomic E-state index is 12.6. The topological polar surface area (TPSA) is 69.7 Å². The van der Waals surface area contributed by atoms with Crippen LogP contribution in [-0.2, 0) is 16.0 Å². The smallest absolute Gasteiger partial charge is 0.253 e. The summed E-state index contributed by atoms with van der Waals surface area (Å²) < 4.78 is 0. The Labute approximate surface area is 165 Å². The number of hydrogen-bond donors (Lipinski definition) is 1. The molecule has 0 bridgehead atoms. The standard InChI is InChI=1S/C22H25N3O3/c1-24(2)22(28)17-9-6-10-19(13-17)23-21(27)18-14-20(26)25(15-18)12-11-16-7-4-3-5-8-16/h3-10,13,18H,11-12,14-15H2,1-2H3,(H,23,27). The van der Waals surface area contributed by atoms with Crippen molar-refractivity contribution < 1.29 is 14.4 Å². The Balaban J connectivity index is 1.57. The fourth-order valence-corrected chi connectivity index (χ4v) is 3.31. The number of amides is 3. The van der Waals surface area contributed by atoms with Gasteiger partial charge in [-0.1, -0.05) is 36.4 Å². The number of anilines is 1. The van der Waals surface area contributed by atoms with Gasteiger partial charge in [-0.05, 0) is 30.2 Å². The molecule has 3 rings (SSSR count). The molecule has 1 fully saturated rings. The first-order valence-electron chi connectivity index (χ1n) is 9.38. The van der Waals surface area contributed by atoms with Crippen molar-refractivity contribution in [3.63, 3.8) is 0 Å². The number of benzene rings is 2. The van der Waals surface area contributed by atoms with Gasteiger partial charge in [0, 0.05) is 44.9 Å². The molecule has 3 amide bonds. The van der Waals surface area contributed by atoms with E-state index >= 15 is 0 Å². The summed E-state index contributed by atoms with van der Waals surface area (Å²) in [5, 5.41) is 2.84. The average molecular weight is 379 g/mol. The summed E-state index contributed by atoms with van der Waals surface area (Å²) in [5.74, 6) is -0.687.